The van der Waals surface area contributed by atoms with E-state index in [4.69, 9.17) is 15.2 Å². The Labute approximate surface area is 125 Å². The number of hydrogen-bond donors (Lipinski definition) is 1. The Hall–Kier alpha value is -0.100. The van der Waals surface area contributed by atoms with Gasteiger partial charge in [0.15, 0.2) is 0 Å². The molecule has 1 spiro atoms. The molecule has 2 N–H and O–H groups in total. The molecule has 3 heterocycles. The van der Waals surface area contributed by atoms with E-state index in [0.717, 1.165) is 50.2 Å². The van der Waals surface area contributed by atoms with Crippen LogP contribution < -0.4 is 5.73 Å². The first kappa shape index (κ1) is 14.8. The first-order chi connectivity index (χ1) is 9.70. The minimum Gasteiger partial charge on any atom is -0.381 e. The van der Waals surface area contributed by atoms with E-state index in [1.165, 1.54) is 0 Å². The van der Waals surface area contributed by atoms with Crippen LogP contribution in [0.1, 0.15) is 32.1 Å². The first-order valence-corrected chi connectivity index (χ1v) is 8.89. The molecule has 0 saturated carbocycles. The summed E-state index contributed by atoms with van der Waals surface area (Å²) in [5.41, 5.74) is 5.63. The smallest absolute Gasteiger partial charge is 0.143 e. The lowest BCUT2D eigenvalue weighted by molar-refractivity contribution is -0.148. The summed E-state index contributed by atoms with van der Waals surface area (Å²) in [7, 11) is 0. The van der Waals surface area contributed by atoms with Crippen molar-refractivity contribution in [2.75, 3.05) is 37.9 Å². The van der Waals surface area contributed by atoms with Crippen LogP contribution in [0.2, 0.25) is 0 Å². The van der Waals surface area contributed by atoms with E-state index in [1.54, 1.807) is 0 Å². The lowest BCUT2D eigenvalue weighted by Crippen LogP contribution is -2.50. The van der Waals surface area contributed by atoms with Crippen LogP contribution in [0.15, 0.2) is 0 Å². The molecule has 0 amide bonds. The maximum Gasteiger partial charge on any atom is 0.143 e. The third kappa shape index (κ3) is 2.65. The molecule has 20 heavy (non-hydrogen) atoms. The molecule has 2 atom stereocenters. The molecule has 0 aromatic rings. The fourth-order valence-corrected chi connectivity index (χ4v) is 5.24. The van der Waals surface area contributed by atoms with Gasteiger partial charge in [-0.1, -0.05) is 0 Å². The Kier molecular flexibility index (Phi) is 4.41. The highest BCUT2D eigenvalue weighted by molar-refractivity contribution is 7.99. The van der Waals surface area contributed by atoms with Crippen LogP contribution in [0.5, 0.6) is 0 Å². The number of nitrogens with two attached hydrogens (primary N) is 1. The van der Waals surface area contributed by atoms with Gasteiger partial charge in [-0.15, -0.1) is 0 Å². The average Bonchev–Trinajstić information content (AvgIpc) is 2.95. The van der Waals surface area contributed by atoms with Gasteiger partial charge in [-0.05, 0) is 37.9 Å². The zero-order valence-corrected chi connectivity index (χ0v) is 12.9. The standard InChI is InChI=1S/C15H25NO3S/c16-10-14(2-6-18-7-3-14)13(17)12-1-5-19-15(9-12)4-8-20-11-15/h12H,1-11,16H2. The van der Waals surface area contributed by atoms with Gasteiger partial charge < -0.3 is 15.2 Å². The predicted molar refractivity (Wildman–Crippen MR) is 79.9 cm³/mol. The Morgan fingerprint density at radius 1 is 1.25 bits per heavy atom. The third-order valence-corrected chi connectivity index (χ3v) is 6.52. The highest BCUT2D eigenvalue weighted by Crippen LogP contribution is 2.44. The van der Waals surface area contributed by atoms with Crippen LogP contribution in [-0.4, -0.2) is 49.3 Å². The number of ether oxygens (including phenoxy) is 2. The molecule has 3 rings (SSSR count). The van der Waals surface area contributed by atoms with Crippen LogP contribution in [0.3, 0.4) is 0 Å². The first-order valence-electron chi connectivity index (χ1n) is 7.74. The lowest BCUT2D eigenvalue weighted by Gasteiger charge is -2.42. The summed E-state index contributed by atoms with van der Waals surface area (Å²) in [6.45, 7) is 2.54. The summed E-state index contributed by atoms with van der Waals surface area (Å²) < 4.78 is 11.5. The Balaban J connectivity index is 1.72. The number of thioether (sulfide) groups is 1. The molecule has 114 valence electrons. The summed E-state index contributed by atoms with van der Waals surface area (Å²) in [6, 6.07) is 0. The number of carbonyl (C=O) groups excluding carboxylic acids is 1. The summed E-state index contributed by atoms with van der Waals surface area (Å²) >= 11 is 1.95. The van der Waals surface area contributed by atoms with E-state index in [2.05, 4.69) is 0 Å². The molecule has 0 aromatic heterocycles. The fourth-order valence-electron chi connectivity index (χ4n) is 3.86. The zero-order chi connectivity index (χ0) is 14.1. The van der Waals surface area contributed by atoms with Crippen LogP contribution >= 0.6 is 11.8 Å². The molecule has 3 fully saturated rings. The predicted octanol–water partition coefficient (Wildman–Crippen LogP) is 1.61. The minimum atomic E-state index is -0.326. The molecule has 2 unspecified atom stereocenters. The van der Waals surface area contributed by atoms with Crippen molar-refractivity contribution < 1.29 is 14.3 Å². The van der Waals surface area contributed by atoms with E-state index in [-0.39, 0.29) is 16.9 Å². The SMILES string of the molecule is NCC1(C(=O)C2CCOC3(CCSC3)C2)CCOCC1. The topological polar surface area (TPSA) is 61.6 Å². The lowest BCUT2D eigenvalue weighted by atomic mass is 9.68. The van der Waals surface area contributed by atoms with Crippen molar-refractivity contribution in [3.05, 3.63) is 0 Å². The van der Waals surface area contributed by atoms with Crippen molar-refractivity contribution in [3.63, 3.8) is 0 Å². The number of ketones is 1. The highest BCUT2D eigenvalue weighted by atomic mass is 32.2. The maximum atomic E-state index is 13.0. The monoisotopic (exact) mass is 299 g/mol. The second-order valence-corrected chi connectivity index (χ2v) is 7.59. The number of carbonyl (C=O) groups is 1. The van der Waals surface area contributed by atoms with Crippen molar-refractivity contribution in [3.8, 4) is 0 Å². The second-order valence-electron chi connectivity index (χ2n) is 6.48. The van der Waals surface area contributed by atoms with E-state index in [0.29, 0.717) is 25.5 Å². The number of rotatable bonds is 3. The van der Waals surface area contributed by atoms with Crippen LogP contribution in [0.4, 0.5) is 0 Å². The van der Waals surface area contributed by atoms with Gasteiger partial charge in [0.2, 0.25) is 0 Å². The van der Waals surface area contributed by atoms with Crippen LogP contribution in [0.25, 0.3) is 0 Å². The van der Waals surface area contributed by atoms with Gasteiger partial charge in [-0.2, -0.15) is 11.8 Å². The molecular weight excluding hydrogens is 274 g/mol. The largest absolute Gasteiger partial charge is 0.381 e. The summed E-state index contributed by atoms with van der Waals surface area (Å²) in [6.07, 6.45) is 4.46. The number of hydrogen-bond acceptors (Lipinski definition) is 5. The molecule has 3 aliphatic heterocycles. The van der Waals surface area contributed by atoms with Gasteiger partial charge in [-0.3, -0.25) is 4.79 Å². The van der Waals surface area contributed by atoms with E-state index in [1.807, 2.05) is 11.8 Å². The number of Topliss-reactive ketones (excluding diaryl/α,β-unsaturated/α-hetero) is 1. The van der Waals surface area contributed by atoms with Crippen molar-refractivity contribution in [1.82, 2.24) is 0 Å². The molecule has 5 heteroatoms. The zero-order valence-electron chi connectivity index (χ0n) is 12.1. The van der Waals surface area contributed by atoms with Crippen molar-refractivity contribution in [2.24, 2.45) is 17.1 Å². The molecule has 0 radical (unpaired) electrons. The Bertz CT molecular complexity index is 362. The maximum absolute atomic E-state index is 13.0. The Morgan fingerprint density at radius 3 is 2.70 bits per heavy atom. The Morgan fingerprint density at radius 2 is 2.05 bits per heavy atom. The molecule has 0 aliphatic carbocycles. The molecular formula is C15H25NO3S. The quantitative estimate of drug-likeness (QED) is 0.858. The molecule has 0 aromatic carbocycles. The van der Waals surface area contributed by atoms with Gasteiger partial charge in [0.05, 0.1) is 5.60 Å². The van der Waals surface area contributed by atoms with E-state index >= 15 is 0 Å². The summed E-state index contributed by atoms with van der Waals surface area (Å²) in [5, 5.41) is 0. The fraction of sp³-hybridized carbons (Fsp3) is 0.933. The summed E-state index contributed by atoms with van der Waals surface area (Å²) in [5.74, 6) is 2.75. The molecule has 4 nitrogen and oxygen atoms in total. The van der Waals surface area contributed by atoms with E-state index < -0.39 is 0 Å². The van der Waals surface area contributed by atoms with Gasteiger partial charge in [0.25, 0.3) is 0 Å². The van der Waals surface area contributed by atoms with Gasteiger partial charge in [-0.25, -0.2) is 0 Å². The summed E-state index contributed by atoms with van der Waals surface area (Å²) in [4.78, 5) is 13.0. The second kappa shape index (κ2) is 5.95. The normalized spacial score (nSPS) is 37.1. The van der Waals surface area contributed by atoms with Gasteiger partial charge >= 0.3 is 0 Å². The van der Waals surface area contributed by atoms with Gasteiger partial charge in [0, 0.05) is 43.5 Å². The van der Waals surface area contributed by atoms with Crippen molar-refractivity contribution in [2.45, 2.75) is 37.7 Å². The molecule has 0 bridgehead atoms. The van der Waals surface area contributed by atoms with E-state index in [9.17, 15) is 4.79 Å². The molecule has 3 aliphatic rings. The van der Waals surface area contributed by atoms with Crippen LogP contribution in [0, 0.1) is 11.3 Å². The highest BCUT2D eigenvalue weighted by Gasteiger charge is 2.47. The van der Waals surface area contributed by atoms with Crippen LogP contribution in [-0.2, 0) is 14.3 Å². The third-order valence-electron chi connectivity index (χ3n) is 5.29. The van der Waals surface area contributed by atoms with Crippen molar-refractivity contribution >= 4 is 17.5 Å². The van der Waals surface area contributed by atoms with Crippen molar-refractivity contribution in [1.29, 1.82) is 0 Å². The van der Waals surface area contributed by atoms with Gasteiger partial charge in [0.1, 0.15) is 5.78 Å². The average molecular weight is 299 g/mol. The molecule has 3 saturated heterocycles. The minimum absolute atomic E-state index is 0.0236.